The van der Waals surface area contributed by atoms with Crippen molar-refractivity contribution in [2.24, 2.45) is 0 Å². The molecule has 2 atom stereocenters. The third kappa shape index (κ3) is 6.40. The van der Waals surface area contributed by atoms with E-state index in [0.29, 0.717) is 0 Å². The summed E-state index contributed by atoms with van der Waals surface area (Å²) in [7, 11) is 1.56. The molecule has 4 heteroatoms. The quantitative estimate of drug-likeness (QED) is 0.622. The number of methoxy groups -OCH3 is 1. The van der Waals surface area contributed by atoms with E-state index in [1.807, 2.05) is 20.8 Å². The molecule has 0 aromatic carbocycles. The molecule has 0 aliphatic heterocycles. The minimum atomic E-state index is -0.627. The normalized spacial score (nSPS) is 14.8. The van der Waals surface area contributed by atoms with Crippen LogP contribution in [0.5, 0.6) is 0 Å². The van der Waals surface area contributed by atoms with Gasteiger partial charge in [-0.15, -0.1) is 0 Å². The van der Waals surface area contributed by atoms with Crippen LogP contribution in [-0.2, 0) is 14.2 Å². The Morgan fingerprint density at radius 3 is 2.38 bits per heavy atom. The highest BCUT2D eigenvalue weighted by atomic mass is 16.7. The maximum Gasteiger partial charge on any atom is 0.508 e. The van der Waals surface area contributed by atoms with Gasteiger partial charge in [-0.3, -0.25) is 0 Å². The number of ether oxygens (including phenoxy) is 3. The van der Waals surface area contributed by atoms with Gasteiger partial charge in [-0.25, -0.2) is 4.79 Å². The lowest BCUT2D eigenvalue weighted by Gasteiger charge is -2.13. The standard InChI is InChI=1S/C9H18O4/c1-5-7(2)13-9(10)12-6-8(3)11-4/h7-8H,5-6H2,1-4H3. The summed E-state index contributed by atoms with van der Waals surface area (Å²) < 4.78 is 14.6. The predicted molar refractivity (Wildman–Crippen MR) is 48.7 cm³/mol. The third-order valence-corrected chi connectivity index (χ3v) is 1.71. The Hall–Kier alpha value is -0.770. The SMILES string of the molecule is CCC(C)OC(=O)OCC(C)OC. The number of carbonyl (C=O) groups excluding carboxylic acids is 1. The maximum absolute atomic E-state index is 10.9. The molecule has 0 aliphatic rings. The minimum absolute atomic E-state index is 0.0923. The van der Waals surface area contributed by atoms with Crippen molar-refractivity contribution >= 4 is 6.16 Å². The molecule has 0 saturated heterocycles. The maximum atomic E-state index is 10.9. The molecule has 0 amide bonds. The monoisotopic (exact) mass is 190 g/mol. The van der Waals surface area contributed by atoms with Gasteiger partial charge in [0.15, 0.2) is 0 Å². The minimum Gasteiger partial charge on any atom is -0.432 e. The molecule has 0 bridgehead atoms. The summed E-state index contributed by atoms with van der Waals surface area (Å²) in [5.74, 6) is 0. The van der Waals surface area contributed by atoms with Crippen molar-refractivity contribution in [2.45, 2.75) is 39.4 Å². The second-order valence-corrected chi connectivity index (χ2v) is 2.94. The van der Waals surface area contributed by atoms with E-state index in [-0.39, 0.29) is 18.8 Å². The smallest absolute Gasteiger partial charge is 0.432 e. The summed E-state index contributed by atoms with van der Waals surface area (Å²) in [6.45, 7) is 5.80. The van der Waals surface area contributed by atoms with Crippen LogP contribution in [0.3, 0.4) is 0 Å². The lowest BCUT2D eigenvalue weighted by Crippen LogP contribution is -2.21. The molecular weight excluding hydrogens is 172 g/mol. The van der Waals surface area contributed by atoms with Crippen molar-refractivity contribution in [1.82, 2.24) is 0 Å². The second-order valence-electron chi connectivity index (χ2n) is 2.94. The first kappa shape index (κ1) is 12.2. The van der Waals surface area contributed by atoms with Gasteiger partial charge in [0, 0.05) is 7.11 Å². The van der Waals surface area contributed by atoms with E-state index >= 15 is 0 Å². The fraction of sp³-hybridized carbons (Fsp3) is 0.889. The molecule has 0 spiro atoms. The molecule has 0 aromatic rings. The second kappa shape index (κ2) is 6.71. The Kier molecular flexibility index (Phi) is 6.32. The number of hydrogen-bond acceptors (Lipinski definition) is 4. The first-order chi connectivity index (χ1) is 6.10. The molecule has 0 aromatic heterocycles. The van der Waals surface area contributed by atoms with Crippen LogP contribution in [-0.4, -0.2) is 32.1 Å². The number of hydrogen-bond donors (Lipinski definition) is 0. The van der Waals surface area contributed by atoms with Crippen molar-refractivity contribution < 1.29 is 19.0 Å². The molecule has 78 valence electrons. The summed E-state index contributed by atoms with van der Waals surface area (Å²) in [5.41, 5.74) is 0. The highest BCUT2D eigenvalue weighted by molar-refractivity contribution is 5.60. The summed E-state index contributed by atoms with van der Waals surface area (Å²) in [4.78, 5) is 10.9. The summed E-state index contributed by atoms with van der Waals surface area (Å²) in [6.07, 6.45) is -0.0253. The van der Waals surface area contributed by atoms with Crippen LogP contribution >= 0.6 is 0 Å². The van der Waals surface area contributed by atoms with E-state index in [4.69, 9.17) is 14.2 Å². The van der Waals surface area contributed by atoms with E-state index in [1.165, 1.54) is 0 Å². The summed E-state index contributed by atoms with van der Waals surface area (Å²) in [5, 5.41) is 0. The highest BCUT2D eigenvalue weighted by Gasteiger charge is 2.10. The average Bonchev–Trinajstić information content (AvgIpc) is 2.13. The summed E-state index contributed by atoms with van der Waals surface area (Å²) >= 11 is 0. The van der Waals surface area contributed by atoms with Crippen LogP contribution in [0, 0.1) is 0 Å². The van der Waals surface area contributed by atoms with Gasteiger partial charge < -0.3 is 14.2 Å². The zero-order valence-electron chi connectivity index (χ0n) is 8.70. The molecule has 0 rings (SSSR count). The van der Waals surface area contributed by atoms with Crippen molar-refractivity contribution in [3.8, 4) is 0 Å². The molecule has 0 fully saturated rings. The van der Waals surface area contributed by atoms with Crippen LogP contribution in [0.25, 0.3) is 0 Å². The molecule has 0 saturated carbocycles. The van der Waals surface area contributed by atoms with E-state index in [0.717, 1.165) is 6.42 Å². The lowest BCUT2D eigenvalue weighted by molar-refractivity contribution is -0.00566. The zero-order chi connectivity index (χ0) is 10.3. The largest absolute Gasteiger partial charge is 0.508 e. The molecule has 2 unspecified atom stereocenters. The zero-order valence-corrected chi connectivity index (χ0v) is 8.70. The molecule has 4 nitrogen and oxygen atoms in total. The Bertz CT molecular complexity index is 147. The van der Waals surface area contributed by atoms with Crippen molar-refractivity contribution in [3.63, 3.8) is 0 Å². The molecule has 0 aliphatic carbocycles. The van der Waals surface area contributed by atoms with Crippen molar-refractivity contribution in [3.05, 3.63) is 0 Å². The lowest BCUT2D eigenvalue weighted by atomic mass is 10.3. The molecule has 0 radical (unpaired) electrons. The van der Waals surface area contributed by atoms with Crippen LogP contribution < -0.4 is 0 Å². The molecule has 0 N–H and O–H groups in total. The fourth-order valence-electron chi connectivity index (χ4n) is 0.535. The Labute approximate surface area is 79.2 Å². The fourth-order valence-corrected chi connectivity index (χ4v) is 0.535. The Balaban J connectivity index is 3.51. The first-order valence-corrected chi connectivity index (χ1v) is 4.46. The Morgan fingerprint density at radius 2 is 1.92 bits per heavy atom. The van der Waals surface area contributed by atoms with Gasteiger partial charge in [-0.1, -0.05) is 6.92 Å². The van der Waals surface area contributed by atoms with Crippen LogP contribution in [0.15, 0.2) is 0 Å². The number of rotatable bonds is 5. The third-order valence-electron chi connectivity index (χ3n) is 1.71. The van der Waals surface area contributed by atoms with Crippen LogP contribution in [0.4, 0.5) is 4.79 Å². The Morgan fingerprint density at radius 1 is 1.31 bits per heavy atom. The average molecular weight is 190 g/mol. The van der Waals surface area contributed by atoms with Crippen molar-refractivity contribution in [2.75, 3.05) is 13.7 Å². The first-order valence-electron chi connectivity index (χ1n) is 4.46. The van der Waals surface area contributed by atoms with Gasteiger partial charge in [0.1, 0.15) is 12.7 Å². The molecular formula is C9H18O4. The van der Waals surface area contributed by atoms with Crippen molar-refractivity contribution in [1.29, 1.82) is 0 Å². The van der Waals surface area contributed by atoms with Gasteiger partial charge in [-0.05, 0) is 20.3 Å². The topological polar surface area (TPSA) is 44.8 Å². The van der Waals surface area contributed by atoms with E-state index in [1.54, 1.807) is 7.11 Å². The van der Waals surface area contributed by atoms with Crippen LogP contribution in [0.1, 0.15) is 27.2 Å². The number of carbonyl (C=O) groups is 1. The van der Waals surface area contributed by atoms with Gasteiger partial charge in [0.25, 0.3) is 0 Å². The molecule has 13 heavy (non-hydrogen) atoms. The predicted octanol–water partition coefficient (Wildman–Crippen LogP) is 1.97. The summed E-state index contributed by atoms with van der Waals surface area (Å²) in [6, 6.07) is 0. The van der Waals surface area contributed by atoms with Gasteiger partial charge in [0.2, 0.25) is 0 Å². The van der Waals surface area contributed by atoms with E-state index in [2.05, 4.69) is 0 Å². The van der Waals surface area contributed by atoms with Crippen LogP contribution in [0.2, 0.25) is 0 Å². The van der Waals surface area contributed by atoms with Gasteiger partial charge in [-0.2, -0.15) is 0 Å². The van der Waals surface area contributed by atoms with Gasteiger partial charge >= 0.3 is 6.16 Å². The van der Waals surface area contributed by atoms with E-state index in [9.17, 15) is 4.79 Å². The molecule has 0 heterocycles. The van der Waals surface area contributed by atoms with E-state index < -0.39 is 6.16 Å². The highest BCUT2D eigenvalue weighted by Crippen LogP contribution is 1.99. The van der Waals surface area contributed by atoms with Gasteiger partial charge in [0.05, 0.1) is 6.10 Å².